The summed E-state index contributed by atoms with van der Waals surface area (Å²) in [6, 6.07) is 0. The van der Waals surface area contributed by atoms with Gasteiger partial charge in [-0.05, 0) is 13.3 Å². The van der Waals surface area contributed by atoms with Gasteiger partial charge in [0.05, 0.1) is 5.92 Å². The summed E-state index contributed by atoms with van der Waals surface area (Å²) in [4.78, 5) is 3.59. The minimum atomic E-state index is -4.14. The van der Waals surface area contributed by atoms with Crippen molar-refractivity contribution in [1.82, 2.24) is 0 Å². The molecule has 0 radical (unpaired) electrons. The lowest BCUT2D eigenvalue weighted by molar-refractivity contribution is -0.153. The van der Waals surface area contributed by atoms with E-state index in [9.17, 15) is 13.2 Å². The van der Waals surface area contributed by atoms with Crippen molar-refractivity contribution in [3.63, 3.8) is 0 Å². The molecule has 1 rings (SSSR count). The van der Waals surface area contributed by atoms with E-state index in [-0.39, 0.29) is 6.42 Å². The average Bonchev–Trinajstić information content (AvgIpc) is 1.86. The van der Waals surface area contributed by atoms with Gasteiger partial charge in [0, 0.05) is 11.9 Å². The van der Waals surface area contributed by atoms with E-state index in [0.717, 1.165) is 6.21 Å². The van der Waals surface area contributed by atoms with Gasteiger partial charge in [0.1, 0.15) is 0 Å². The van der Waals surface area contributed by atoms with Crippen molar-refractivity contribution in [2.45, 2.75) is 19.5 Å². The van der Waals surface area contributed by atoms with Crippen molar-refractivity contribution in [3.05, 3.63) is 11.8 Å². The molecule has 0 bridgehead atoms. The van der Waals surface area contributed by atoms with Crippen molar-refractivity contribution < 1.29 is 13.2 Å². The van der Waals surface area contributed by atoms with Crippen LogP contribution in [0.1, 0.15) is 13.3 Å². The number of hydrogen-bond acceptors (Lipinski definition) is 1. The molecule has 1 atom stereocenters. The smallest absolute Gasteiger partial charge is 0.266 e. The van der Waals surface area contributed by atoms with Crippen molar-refractivity contribution in [2.24, 2.45) is 10.9 Å². The Hall–Kier alpha value is -0.800. The maximum absolute atomic E-state index is 11.9. The van der Waals surface area contributed by atoms with Crippen molar-refractivity contribution in [3.8, 4) is 0 Å². The lowest BCUT2D eigenvalue weighted by Gasteiger charge is -2.16. The highest BCUT2D eigenvalue weighted by Crippen LogP contribution is 2.30. The highest BCUT2D eigenvalue weighted by molar-refractivity contribution is 5.64. The van der Waals surface area contributed by atoms with Crippen LogP contribution in [0.3, 0.4) is 0 Å². The molecule has 0 amide bonds. The monoisotopic (exact) mass is 163 g/mol. The van der Waals surface area contributed by atoms with Gasteiger partial charge in [-0.15, -0.1) is 0 Å². The lowest BCUT2D eigenvalue weighted by Crippen LogP contribution is -2.24. The molecule has 0 aromatic rings. The summed E-state index contributed by atoms with van der Waals surface area (Å²) in [6.45, 7) is 1.68. The van der Waals surface area contributed by atoms with Gasteiger partial charge in [0.25, 0.3) is 0 Å². The molecule has 0 aliphatic carbocycles. The predicted octanol–water partition coefficient (Wildman–Crippen LogP) is 2.54. The number of aliphatic imine (C=N–C) groups is 1. The molecule has 1 aliphatic rings. The highest BCUT2D eigenvalue weighted by Gasteiger charge is 2.38. The minimum Gasteiger partial charge on any atom is -0.266 e. The lowest BCUT2D eigenvalue weighted by atomic mass is 10.0. The van der Waals surface area contributed by atoms with E-state index in [4.69, 9.17) is 0 Å². The third kappa shape index (κ3) is 2.06. The summed E-state index contributed by atoms with van der Waals surface area (Å²) < 4.78 is 35.8. The molecular weight excluding hydrogens is 155 g/mol. The molecular formula is C7H8F3N. The average molecular weight is 163 g/mol. The van der Waals surface area contributed by atoms with Crippen molar-refractivity contribution >= 4 is 6.21 Å². The Labute approximate surface area is 62.6 Å². The Morgan fingerprint density at radius 1 is 1.55 bits per heavy atom. The third-order valence-electron chi connectivity index (χ3n) is 1.55. The first-order chi connectivity index (χ1) is 5.00. The summed E-state index contributed by atoms with van der Waals surface area (Å²) in [7, 11) is 0. The van der Waals surface area contributed by atoms with Gasteiger partial charge in [0.2, 0.25) is 0 Å². The first-order valence-electron chi connectivity index (χ1n) is 3.28. The molecule has 1 aliphatic heterocycles. The molecule has 0 spiro atoms. The normalized spacial score (nSPS) is 25.1. The van der Waals surface area contributed by atoms with E-state index in [1.54, 1.807) is 6.92 Å². The second-order valence-corrected chi connectivity index (χ2v) is 2.51. The molecule has 0 saturated carbocycles. The van der Waals surface area contributed by atoms with E-state index < -0.39 is 12.1 Å². The van der Waals surface area contributed by atoms with Crippen LogP contribution in [0.25, 0.3) is 0 Å². The second kappa shape index (κ2) is 2.68. The van der Waals surface area contributed by atoms with Gasteiger partial charge in [0.15, 0.2) is 0 Å². The molecule has 0 saturated heterocycles. The van der Waals surface area contributed by atoms with E-state index >= 15 is 0 Å². The summed E-state index contributed by atoms with van der Waals surface area (Å²) in [6.07, 6.45) is -1.65. The fourth-order valence-corrected chi connectivity index (χ4v) is 0.837. The summed E-state index contributed by atoms with van der Waals surface area (Å²) in [5.74, 6) is -1.38. The highest BCUT2D eigenvalue weighted by atomic mass is 19.4. The Morgan fingerprint density at radius 3 is 2.55 bits per heavy atom. The number of halogens is 3. The zero-order valence-electron chi connectivity index (χ0n) is 6.02. The van der Waals surface area contributed by atoms with Crippen LogP contribution in [0, 0.1) is 5.92 Å². The van der Waals surface area contributed by atoms with Gasteiger partial charge >= 0.3 is 6.18 Å². The number of rotatable bonds is 0. The van der Waals surface area contributed by atoms with E-state index in [1.165, 1.54) is 6.08 Å². The maximum Gasteiger partial charge on any atom is 0.396 e. The SMILES string of the molecule is CC1=CCC(C(F)(F)F)C=N1. The molecule has 1 heterocycles. The number of alkyl halides is 3. The predicted molar refractivity (Wildman–Crippen MR) is 36.4 cm³/mol. The molecule has 0 aromatic heterocycles. The Kier molecular flexibility index (Phi) is 2.02. The van der Waals surface area contributed by atoms with Gasteiger partial charge in [-0.1, -0.05) is 6.08 Å². The number of hydrogen-bond donors (Lipinski definition) is 0. The first-order valence-corrected chi connectivity index (χ1v) is 3.28. The van der Waals surface area contributed by atoms with Gasteiger partial charge in [-0.2, -0.15) is 13.2 Å². The summed E-state index contributed by atoms with van der Waals surface area (Å²) >= 11 is 0. The topological polar surface area (TPSA) is 12.4 Å². The van der Waals surface area contributed by atoms with E-state index in [2.05, 4.69) is 4.99 Å². The summed E-state index contributed by atoms with van der Waals surface area (Å²) in [5.41, 5.74) is 0.658. The standard InChI is InChI=1S/C7H8F3N/c1-5-2-3-6(4-11-5)7(8,9)10/h2,4,6H,3H2,1H3. The molecule has 62 valence electrons. The molecule has 1 nitrogen and oxygen atoms in total. The number of allylic oxidation sites excluding steroid dienone is 2. The van der Waals surface area contributed by atoms with E-state index in [1.807, 2.05) is 0 Å². The van der Waals surface area contributed by atoms with Gasteiger partial charge < -0.3 is 0 Å². The molecule has 1 unspecified atom stereocenters. The number of nitrogens with zero attached hydrogens (tertiary/aromatic N) is 1. The molecule has 11 heavy (non-hydrogen) atoms. The van der Waals surface area contributed by atoms with Crippen LogP contribution in [-0.2, 0) is 0 Å². The van der Waals surface area contributed by atoms with Crippen LogP contribution in [0.5, 0.6) is 0 Å². The van der Waals surface area contributed by atoms with Crippen molar-refractivity contribution in [1.29, 1.82) is 0 Å². The van der Waals surface area contributed by atoms with Gasteiger partial charge in [-0.3, -0.25) is 4.99 Å². The Balaban J connectivity index is 2.63. The van der Waals surface area contributed by atoms with Crippen LogP contribution in [-0.4, -0.2) is 12.4 Å². The van der Waals surface area contributed by atoms with Gasteiger partial charge in [-0.25, -0.2) is 0 Å². The van der Waals surface area contributed by atoms with Crippen LogP contribution < -0.4 is 0 Å². The van der Waals surface area contributed by atoms with E-state index in [0.29, 0.717) is 5.70 Å². The fourth-order valence-electron chi connectivity index (χ4n) is 0.837. The zero-order valence-corrected chi connectivity index (χ0v) is 6.02. The van der Waals surface area contributed by atoms with Crippen molar-refractivity contribution in [2.75, 3.05) is 0 Å². The maximum atomic E-state index is 11.9. The molecule has 0 aromatic carbocycles. The zero-order chi connectivity index (χ0) is 8.48. The fraction of sp³-hybridized carbons (Fsp3) is 0.571. The largest absolute Gasteiger partial charge is 0.396 e. The Morgan fingerprint density at radius 2 is 2.18 bits per heavy atom. The molecule has 0 N–H and O–H groups in total. The second-order valence-electron chi connectivity index (χ2n) is 2.51. The van der Waals surface area contributed by atoms with Crippen LogP contribution in [0.15, 0.2) is 16.8 Å². The minimum absolute atomic E-state index is 0.0266. The summed E-state index contributed by atoms with van der Waals surface area (Å²) in [5, 5.41) is 0. The third-order valence-corrected chi connectivity index (χ3v) is 1.55. The van der Waals surface area contributed by atoms with Crippen LogP contribution in [0.2, 0.25) is 0 Å². The Bertz CT molecular complexity index is 202. The molecule has 0 fully saturated rings. The molecule has 4 heteroatoms. The first kappa shape index (κ1) is 8.30. The van der Waals surface area contributed by atoms with Crippen LogP contribution >= 0.6 is 0 Å². The quantitative estimate of drug-likeness (QED) is 0.520. The van der Waals surface area contributed by atoms with Crippen LogP contribution in [0.4, 0.5) is 13.2 Å².